The van der Waals surface area contributed by atoms with Crippen LogP contribution in [0, 0.1) is 0 Å². The van der Waals surface area contributed by atoms with Crippen LogP contribution in [0.5, 0.6) is 0 Å². The molecule has 0 saturated carbocycles. The van der Waals surface area contributed by atoms with Crippen LogP contribution >= 0.6 is 0 Å². The standard InChI is InChI=1S/C6H14O3.C4H10O2/c1-5(8)4-9-6(2)3-7;1-4(3-5)6-2/h5-8H,3-4H2,1-2H3;4-5H,3H2,1-2H3. The lowest BCUT2D eigenvalue weighted by Crippen LogP contribution is -2.19. The maximum atomic E-state index is 8.69. The van der Waals surface area contributed by atoms with E-state index >= 15 is 0 Å². The molecule has 5 heteroatoms. The number of ether oxygens (including phenoxy) is 2. The molecule has 0 aromatic carbocycles. The molecule has 0 aromatic heterocycles. The Morgan fingerprint density at radius 2 is 1.47 bits per heavy atom. The van der Waals surface area contributed by atoms with Crippen LogP contribution in [0.2, 0.25) is 0 Å². The van der Waals surface area contributed by atoms with Crippen molar-refractivity contribution in [2.24, 2.45) is 0 Å². The Balaban J connectivity index is 0. The zero-order chi connectivity index (χ0) is 12.3. The average Bonchev–Trinajstić information content (AvgIpc) is 2.25. The zero-order valence-corrected chi connectivity index (χ0v) is 10.0. The molecule has 0 bridgehead atoms. The van der Waals surface area contributed by atoms with E-state index in [4.69, 9.17) is 20.1 Å². The quantitative estimate of drug-likeness (QED) is 0.581. The summed E-state index contributed by atoms with van der Waals surface area (Å²) in [7, 11) is 1.57. The second-order valence-corrected chi connectivity index (χ2v) is 3.40. The first kappa shape index (κ1) is 17.2. The molecule has 0 spiro atoms. The van der Waals surface area contributed by atoms with Crippen molar-refractivity contribution in [3.05, 3.63) is 0 Å². The van der Waals surface area contributed by atoms with Crippen LogP contribution in [0.15, 0.2) is 0 Å². The van der Waals surface area contributed by atoms with E-state index < -0.39 is 6.10 Å². The van der Waals surface area contributed by atoms with E-state index in [2.05, 4.69) is 4.74 Å². The number of methoxy groups -OCH3 is 1. The summed E-state index contributed by atoms with van der Waals surface area (Å²) < 4.78 is 9.60. The monoisotopic (exact) mass is 224 g/mol. The minimum absolute atomic E-state index is 0.00667. The van der Waals surface area contributed by atoms with Gasteiger partial charge in [0.05, 0.1) is 38.1 Å². The van der Waals surface area contributed by atoms with Gasteiger partial charge in [0.15, 0.2) is 0 Å². The van der Waals surface area contributed by atoms with E-state index in [9.17, 15) is 0 Å². The van der Waals surface area contributed by atoms with Gasteiger partial charge in [0.25, 0.3) is 0 Å². The first-order valence-electron chi connectivity index (χ1n) is 5.02. The molecule has 0 saturated heterocycles. The van der Waals surface area contributed by atoms with Gasteiger partial charge in [0.1, 0.15) is 0 Å². The zero-order valence-electron chi connectivity index (χ0n) is 10.0. The van der Waals surface area contributed by atoms with Crippen LogP contribution in [0.3, 0.4) is 0 Å². The fourth-order valence-corrected chi connectivity index (χ4v) is 0.431. The van der Waals surface area contributed by atoms with Gasteiger partial charge in [0, 0.05) is 7.11 Å². The minimum atomic E-state index is -0.445. The summed E-state index contributed by atoms with van der Waals surface area (Å²) in [5.74, 6) is 0. The van der Waals surface area contributed by atoms with Crippen molar-refractivity contribution in [1.29, 1.82) is 0 Å². The maximum absolute atomic E-state index is 8.69. The van der Waals surface area contributed by atoms with E-state index in [-0.39, 0.29) is 25.4 Å². The molecule has 0 aliphatic carbocycles. The summed E-state index contributed by atoms with van der Waals surface area (Å²) in [6, 6.07) is 0. The Hall–Kier alpha value is -0.200. The molecular formula is C10H24O5. The Morgan fingerprint density at radius 3 is 1.67 bits per heavy atom. The fraction of sp³-hybridized carbons (Fsp3) is 1.00. The van der Waals surface area contributed by atoms with Gasteiger partial charge in [-0.1, -0.05) is 0 Å². The lowest BCUT2D eigenvalue weighted by atomic mass is 10.4. The van der Waals surface area contributed by atoms with Crippen molar-refractivity contribution in [2.75, 3.05) is 26.9 Å². The van der Waals surface area contributed by atoms with Gasteiger partial charge in [-0.05, 0) is 20.8 Å². The number of hydrogen-bond donors (Lipinski definition) is 3. The molecular weight excluding hydrogens is 200 g/mol. The molecule has 0 rings (SSSR count). The Kier molecular flexibility index (Phi) is 13.6. The topological polar surface area (TPSA) is 79.2 Å². The number of hydrogen-bond acceptors (Lipinski definition) is 5. The average molecular weight is 224 g/mol. The lowest BCUT2D eigenvalue weighted by Gasteiger charge is -2.10. The highest BCUT2D eigenvalue weighted by atomic mass is 16.5. The number of aliphatic hydroxyl groups is 3. The molecule has 0 aromatic rings. The van der Waals surface area contributed by atoms with Gasteiger partial charge in [0.2, 0.25) is 0 Å². The van der Waals surface area contributed by atoms with Crippen molar-refractivity contribution in [1.82, 2.24) is 0 Å². The van der Waals surface area contributed by atoms with Crippen molar-refractivity contribution < 1.29 is 24.8 Å². The summed E-state index contributed by atoms with van der Waals surface area (Å²) in [6.45, 7) is 5.61. The third-order valence-corrected chi connectivity index (χ3v) is 1.54. The predicted molar refractivity (Wildman–Crippen MR) is 57.7 cm³/mol. The summed E-state index contributed by atoms with van der Waals surface area (Å²) in [6.07, 6.45) is -0.622. The summed E-state index contributed by atoms with van der Waals surface area (Å²) >= 11 is 0. The highest BCUT2D eigenvalue weighted by Crippen LogP contribution is 1.90. The van der Waals surface area contributed by atoms with Crippen LogP contribution in [-0.4, -0.2) is 60.6 Å². The highest BCUT2D eigenvalue weighted by molar-refractivity contribution is 4.47. The molecule has 3 atom stereocenters. The summed E-state index contributed by atoms with van der Waals surface area (Å²) in [4.78, 5) is 0. The molecule has 0 amide bonds. The van der Waals surface area contributed by atoms with Crippen molar-refractivity contribution in [3.8, 4) is 0 Å². The molecule has 0 fully saturated rings. The smallest absolute Gasteiger partial charge is 0.0779 e. The Morgan fingerprint density at radius 1 is 1.00 bits per heavy atom. The van der Waals surface area contributed by atoms with E-state index in [1.807, 2.05) is 0 Å². The van der Waals surface area contributed by atoms with Crippen LogP contribution in [0.4, 0.5) is 0 Å². The predicted octanol–water partition coefficient (Wildman–Crippen LogP) is -0.222. The molecule has 0 heterocycles. The van der Waals surface area contributed by atoms with E-state index in [1.54, 1.807) is 27.9 Å². The number of aliphatic hydroxyl groups excluding tert-OH is 3. The molecule has 15 heavy (non-hydrogen) atoms. The lowest BCUT2D eigenvalue weighted by molar-refractivity contribution is -0.0177. The van der Waals surface area contributed by atoms with E-state index in [0.717, 1.165) is 0 Å². The minimum Gasteiger partial charge on any atom is -0.394 e. The first-order chi connectivity index (χ1) is 6.97. The largest absolute Gasteiger partial charge is 0.394 e. The van der Waals surface area contributed by atoms with E-state index in [1.165, 1.54) is 0 Å². The van der Waals surface area contributed by atoms with Crippen molar-refractivity contribution >= 4 is 0 Å². The first-order valence-corrected chi connectivity index (χ1v) is 5.02. The third kappa shape index (κ3) is 16.5. The number of rotatable bonds is 6. The van der Waals surface area contributed by atoms with Crippen molar-refractivity contribution in [2.45, 2.75) is 39.1 Å². The molecule has 3 unspecified atom stereocenters. The molecule has 94 valence electrons. The molecule has 5 nitrogen and oxygen atoms in total. The molecule has 0 aliphatic rings. The normalized spacial score (nSPS) is 16.2. The third-order valence-electron chi connectivity index (χ3n) is 1.54. The van der Waals surface area contributed by atoms with Gasteiger partial charge in [-0.15, -0.1) is 0 Å². The van der Waals surface area contributed by atoms with Crippen LogP contribution in [0.1, 0.15) is 20.8 Å². The fourth-order valence-electron chi connectivity index (χ4n) is 0.431. The Bertz CT molecular complexity index is 114. The summed E-state index contributed by atoms with van der Waals surface area (Å²) in [5, 5.41) is 25.3. The van der Waals surface area contributed by atoms with Gasteiger partial charge in [-0.25, -0.2) is 0 Å². The molecule has 0 aliphatic heterocycles. The van der Waals surface area contributed by atoms with Gasteiger partial charge < -0.3 is 24.8 Å². The maximum Gasteiger partial charge on any atom is 0.0779 e. The van der Waals surface area contributed by atoms with Gasteiger partial charge >= 0.3 is 0 Å². The van der Waals surface area contributed by atoms with Crippen LogP contribution in [0.25, 0.3) is 0 Å². The van der Waals surface area contributed by atoms with Gasteiger partial charge in [-0.3, -0.25) is 0 Å². The SMILES string of the molecule is CC(O)COC(C)CO.COC(C)CO. The molecule has 0 radical (unpaired) electrons. The highest BCUT2D eigenvalue weighted by Gasteiger charge is 2.00. The second-order valence-electron chi connectivity index (χ2n) is 3.40. The second kappa shape index (κ2) is 11.9. The van der Waals surface area contributed by atoms with E-state index in [0.29, 0.717) is 6.61 Å². The molecule has 3 N–H and O–H groups in total. The van der Waals surface area contributed by atoms with Gasteiger partial charge in [-0.2, -0.15) is 0 Å². The Labute approximate surface area is 91.6 Å². The van der Waals surface area contributed by atoms with Crippen LogP contribution in [-0.2, 0) is 9.47 Å². The summed E-state index contributed by atoms with van der Waals surface area (Å²) in [5.41, 5.74) is 0. The van der Waals surface area contributed by atoms with Crippen LogP contribution < -0.4 is 0 Å². The van der Waals surface area contributed by atoms with Crippen molar-refractivity contribution in [3.63, 3.8) is 0 Å².